The Bertz CT molecular complexity index is 338. The van der Waals surface area contributed by atoms with E-state index in [-0.39, 0.29) is 6.61 Å². The van der Waals surface area contributed by atoms with Crippen molar-refractivity contribution in [2.45, 2.75) is 32.8 Å². The molecule has 1 rings (SSSR count). The van der Waals surface area contributed by atoms with Crippen molar-refractivity contribution in [3.63, 3.8) is 0 Å². The van der Waals surface area contributed by atoms with Crippen molar-refractivity contribution in [1.29, 1.82) is 0 Å². The molecule has 4 heteroatoms. The van der Waals surface area contributed by atoms with Crippen LogP contribution in [0.4, 0.5) is 5.69 Å². The summed E-state index contributed by atoms with van der Waals surface area (Å²) in [4.78, 5) is 0. The van der Waals surface area contributed by atoms with Crippen LogP contribution in [-0.2, 0) is 4.74 Å². The van der Waals surface area contributed by atoms with Crippen molar-refractivity contribution in [3.05, 3.63) is 24.3 Å². The van der Waals surface area contributed by atoms with Crippen molar-refractivity contribution < 1.29 is 14.6 Å². The van der Waals surface area contributed by atoms with Gasteiger partial charge in [0.2, 0.25) is 0 Å². The first kappa shape index (κ1) is 15.8. The second kappa shape index (κ2) is 8.77. The molecule has 0 saturated heterocycles. The van der Waals surface area contributed by atoms with Gasteiger partial charge in [-0.2, -0.15) is 0 Å². The van der Waals surface area contributed by atoms with Crippen molar-refractivity contribution in [2.24, 2.45) is 5.92 Å². The normalized spacial score (nSPS) is 12.6. The number of aliphatic hydroxyl groups excluding tert-OH is 1. The van der Waals surface area contributed by atoms with Gasteiger partial charge >= 0.3 is 0 Å². The van der Waals surface area contributed by atoms with Crippen molar-refractivity contribution in [2.75, 3.05) is 25.6 Å². The molecule has 108 valence electrons. The lowest BCUT2D eigenvalue weighted by molar-refractivity contribution is 0.0105. The molecule has 0 heterocycles. The maximum Gasteiger partial charge on any atom is 0.119 e. The molecule has 0 fully saturated rings. The van der Waals surface area contributed by atoms with Crippen LogP contribution in [0.5, 0.6) is 5.75 Å². The summed E-state index contributed by atoms with van der Waals surface area (Å²) in [6, 6.07) is 7.10. The molecular weight excluding hydrogens is 242 g/mol. The molecule has 19 heavy (non-hydrogen) atoms. The van der Waals surface area contributed by atoms with Gasteiger partial charge in [-0.3, -0.25) is 0 Å². The van der Waals surface area contributed by atoms with Gasteiger partial charge in [-0.15, -0.1) is 0 Å². The molecule has 0 aromatic heterocycles. The average molecular weight is 267 g/mol. The summed E-state index contributed by atoms with van der Waals surface area (Å²) in [5, 5.41) is 9.70. The summed E-state index contributed by atoms with van der Waals surface area (Å²) in [6.07, 6.45) is 1.58. The molecule has 1 aromatic rings. The molecule has 1 unspecified atom stereocenters. The lowest BCUT2D eigenvalue weighted by Crippen LogP contribution is -2.23. The first-order valence-corrected chi connectivity index (χ1v) is 6.82. The first-order chi connectivity index (χ1) is 9.08. The molecule has 1 atom stereocenters. The largest absolute Gasteiger partial charge is 0.491 e. The van der Waals surface area contributed by atoms with E-state index in [1.54, 1.807) is 24.3 Å². The van der Waals surface area contributed by atoms with Gasteiger partial charge < -0.3 is 20.3 Å². The molecule has 0 radical (unpaired) electrons. The van der Waals surface area contributed by atoms with E-state index in [2.05, 4.69) is 13.8 Å². The van der Waals surface area contributed by atoms with Gasteiger partial charge in [-0.05, 0) is 43.0 Å². The van der Waals surface area contributed by atoms with Gasteiger partial charge in [0, 0.05) is 12.3 Å². The Morgan fingerprint density at radius 1 is 1.16 bits per heavy atom. The highest BCUT2D eigenvalue weighted by Gasteiger charge is 2.05. The van der Waals surface area contributed by atoms with Crippen LogP contribution in [0.2, 0.25) is 0 Å². The molecule has 0 aliphatic carbocycles. The summed E-state index contributed by atoms with van der Waals surface area (Å²) in [5.41, 5.74) is 6.27. The van der Waals surface area contributed by atoms with Crippen molar-refractivity contribution in [1.82, 2.24) is 0 Å². The zero-order valence-corrected chi connectivity index (χ0v) is 11.8. The third-order valence-corrected chi connectivity index (χ3v) is 2.70. The van der Waals surface area contributed by atoms with Gasteiger partial charge in [-0.1, -0.05) is 13.8 Å². The maximum absolute atomic E-state index is 9.70. The Balaban J connectivity index is 2.07. The van der Waals surface area contributed by atoms with Crippen LogP contribution < -0.4 is 10.5 Å². The fourth-order valence-electron chi connectivity index (χ4n) is 1.62. The second-order valence-electron chi connectivity index (χ2n) is 5.14. The van der Waals surface area contributed by atoms with E-state index < -0.39 is 6.10 Å². The van der Waals surface area contributed by atoms with E-state index in [9.17, 15) is 5.11 Å². The standard InChI is InChI=1S/C15H25NO3/c1-12(2)4-3-9-18-10-14(17)11-19-15-7-5-13(16)6-8-15/h5-8,12,14,17H,3-4,9-11,16H2,1-2H3. The Hall–Kier alpha value is -1.26. The zero-order chi connectivity index (χ0) is 14.1. The van der Waals surface area contributed by atoms with Gasteiger partial charge in [-0.25, -0.2) is 0 Å². The summed E-state index contributed by atoms with van der Waals surface area (Å²) < 4.78 is 10.8. The molecular formula is C15H25NO3. The molecule has 3 N–H and O–H groups in total. The average Bonchev–Trinajstić information content (AvgIpc) is 2.37. The summed E-state index contributed by atoms with van der Waals surface area (Å²) >= 11 is 0. The topological polar surface area (TPSA) is 64.7 Å². The minimum absolute atomic E-state index is 0.230. The van der Waals surface area contributed by atoms with Crippen LogP contribution in [0.1, 0.15) is 26.7 Å². The van der Waals surface area contributed by atoms with E-state index in [1.807, 2.05) is 0 Å². The number of ether oxygens (including phenoxy) is 2. The molecule has 0 aliphatic heterocycles. The monoisotopic (exact) mass is 267 g/mol. The van der Waals surface area contributed by atoms with Gasteiger partial charge in [0.05, 0.1) is 6.61 Å². The summed E-state index contributed by atoms with van der Waals surface area (Å²) in [6.45, 7) is 5.61. The highest BCUT2D eigenvalue weighted by Crippen LogP contribution is 2.13. The van der Waals surface area contributed by atoms with E-state index in [4.69, 9.17) is 15.2 Å². The Kier molecular flexibility index (Phi) is 7.30. The summed E-state index contributed by atoms with van der Waals surface area (Å²) in [7, 11) is 0. The number of nitrogen functional groups attached to an aromatic ring is 1. The van der Waals surface area contributed by atoms with E-state index in [1.165, 1.54) is 0 Å². The Labute approximate surface area is 115 Å². The number of aliphatic hydroxyl groups is 1. The number of anilines is 1. The van der Waals surface area contributed by atoms with Gasteiger partial charge in [0.15, 0.2) is 0 Å². The van der Waals surface area contributed by atoms with Crippen LogP contribution >= 0.6 is 0 Å². The maximum atomic E-state index is 9.70. The molecule has 4 nitrogen and oxygen atoms in total. The molecule has 0 aliphatic rings. The number of nitrogens with two attached hydrogens (primary N) is 1. The number of rotatable bonds is 9. The van der Waals surface area contributed by atoms with E-state index in [0.29, 0.717) is 30.6 Å². The third-order valence-electron chi connectivity index (χ3n) is 2.70. The zero-order valence-electron chi connectivity index (χ0n) is 11.8. The first-order valence-electron chi connectivity index (χ1n) is 6.82. The molecule has 0 amide bonds. The molecule has 0 saturated carbocycles. The van der Waals surface area contributed by atoms with Gasteiger partial charge in [0.1, 0.15) is 18.5 Å². The van der Waals surface area contributed by atoms with Crippen LogP contribution in [0.15, 0.2) is 24.3 Å². The van der Waals surface area contributed by atoms with Crippen molar-refractivity contribution >= 4 is 5.69 Å². The van der Waals surface area contributed by atoms with Gasteiger partial charge in [0.25, 0.3) is 0 Å². The fourth-order valence-corrected chi connectivity index (χ4v) is 1.62. The second-order valence-corrected chi connectivity index (χ2v) is 5.14. The molecule has 0 spiro atoms. The van der Waals surface area contributed by atoms with Crippen LogP contribution in [-0.4, -0.2) is 31.0 Å². The number of hydrogen-bond acceptors (Lipinski definition) is 4. The van der Waals surface area contributed by atoms with E-state index >= 15 is 0 Å². The third kappa shape index (κ3) is 7.70. The SMILES string of the molecule is CC(C)CCCOCC(O)COc1ccc(N)cc1. The highest BCUT2D eigenvalue weighted by atomic mass is 16.5. The van der Waals surface area contributed by atoms with E-state index in [0.717, 1.165) is 12.8 Å². The lowest BCUT2D eigenvalue weighted by Gasteiger charge is -2.13. The molecule has 0 bridgehead atoms. The summed E-state index contributed by atoms with van der Waals surface area (Å²) in [5.74, 6) is 1.40. The highest BCUT2D eigenvalue weighted by molar-refractivity contribution is 5.41. The predicted molar refractivity (Wildman–Crippen MR) is 77.2 cm³/mol. The minimum atomic E-state index is -0.600. The fraction of sp³-hybridized carbons (Fsp3) is 0.600. The van der Waals surface area contributed by atoms with Crippen molar-refractivity contribution in [3.8, 4) is 5.75 Å². The Morgan fingerprint density at radius 2 is 1.84 bits per heavy atom. The number of benzene rings is 1. The number of hydrogen-bond donors (Lipinski definition) is 2. The Morgan fingerprint density at radius 3 is 2.47 bits per heavy atom. The quantitative estimate of drug-likeness (QED) is 0.533. The minimum Gasteiger partial charge on any atom is -0.491 e. The van der Waals surface area contributed by atoms with Crippen LogP contribution in [0, 0.1) is 5.92 Å². The molecule has 1 aromatic carbocycles. The predicted octanol–water partition coefficient (Wildman–Crippen LogP) is 2.46. The van der Waals surface area contributed by atoms with Crippen LogP contribution in [0.25, 0.3) is 0 Å². The van der Waals surface area contributed by atoms with Crippen LogP contribution in [0.3, 0.4) is 0 Å². The smallest absolute Gasteiger partial charge is 0.119 e. The lowest BCUT2D eigenvalue weighted by atomic mass is 10.1.